The van der Waals surface area contributed by atoms with Crippen LogP contribution < -0.4 is 10.6 Å². The average molecular weight is 542 g/mol. The molecule has 0 aliphatic heterocycles. The lowest BCUT2D eigenvalue weighted by Gasteiger charge is -2.36. The molecule has 7 nitrogen and oxygen atoms in total. The summed E-state index contributed by atoms with van der Waals surface area (Å²) in [6, 6.07) is 6.14. The van der Waals surface area contributed by atoms with Crippen LogP contribution in [0.15, 0.2) is 30.8 Å². The van der Waals surface area contributed by atoms with Crippen molar-refractivity contribution in [3.05, 3.63) is 42.0 Å². The summed E-state index contributed by atoms with van der Waals surface area (Å²) < 4.78 is 5.49. The molecule has 218 valence electrons. The first-order valence-corrected chi connectivity index (χ1v) is 14.8. The zero-order chi connectivity index (χ0) is 29.0. The summed E-state index contributed by atoms with van der Waals surface area (Å²) in [6.07, 6.45) is 9.50. The van der Waals surface area contributed by atoms with Crippen LogP contribution in [0.1, 0.15) is 116 Å². The first kappa shape index (κ1) is 32.4. The number of ether oxygens (including phenoxy) is 1. The molecule has 1 aromatic carbocycles. The Labute approximate surface area is 236 Å². The monoisotopic (exact) mass is 541 g/mol. The molecule has 0 saturated heterocycles. The summed E-state index contributed by atoms with van der Waals surface area (Å²) in [5, 5.41) is 6.09. The lowest BCUT2D eigenvalue weighted by Crippen LogP contribution is -2.54. The second kappa shape index (κ2) is 15.7. The minimum Gasteiger partial charge on any atom is -0.444 e. The molecule has 2 atom stereocenters. The molecule has 1 saturated carbocycles. The van der Waals surface area contributed by atoms with E-state index in [0.717, 1.165) is 56.1 Å². The van der Waals surface area contributed by atoms with Gasteiger partial charge in [0.1, 0.15) is 17.7 Å². The van der Waals surface area contributed by atoms with Crippen molar-refractivity contribution in [1.29, 1.82) is 0 Å². The molecule has 1 aliphatic carbocycles. The van der Waals surface area contributed by atoms with E-state index in [1.807, 2.05) is 38.1 Å². The van der Waals surface area contributed by atoms with Gasteiger partial charge in [0.2, 0.25) is 11.8 Å². The van der Waals surface area contributed by atoms with E-state index in [2.05, 4.69) is 24.1 Å². The summed E-state index contributed by atoms with van der Waals surface area (Å²) in [6.45, 7) is 15.8. The summed E-state index contributed by atoms with van der Waals surface area (Å²) in [5.74, 6) is -0.294. The van der Waals surface area contributed by atoms with E-state index < -0.39 is 23.8 Å². The topological polar surface area (TPSA) is 87.7 Å². The number of unbranched alkanes of at least 4 members (excludes halogenated alkanes) is 2. The minimum atomic E-state index is -0.814. The van der Waals surface area contributed by atoms with Gasteiger partial charge in [-0.2, -0.15) is 0 Å². The highest BCUT2D eigenvalue weighted by Crippen LogP contribution is 2.27. The summed E-state index contributed by atoms with van der Waals surface area (Å²) in [5.41, 5.74) is 0.935. The van der Waals surface area contributed by atoms with Gasteiger partial charge in [-0.3, -0.25) is 9.59 Å². The van der Waals surface area contributed by atoms with Crippen molar-refractivity contribution in [2.45, 2.75) is 123 Å². The van der Waals surface area contributed by atoms with Crippen molar-refractivity contribution in [1.82, 2.24) is 15.5 Å². The largest absolute Gasteiger partial charge is 0.444 e. The molecule has 2 rings (SSSR count). The number of carbonyl (C=O) groups excluding carboxylic acids is 3. The van der Waals surface area contributed by atoms with E-state index in [-0.39, 0.29) is 23.8 Å². The molecule has 0 spiro atoms. The minimum absolute atomic E-state index is 0.107. The molecule has 0 bridgehead atoms. The quantitative estimate of drug-likeness (QED) is 0.270. The lowest BCUT2D eigenvalue weighted by atomic mass is 9.94. The maximum Gasteiger partial charge on any atom is 0.408 e. The third-order valence-corrected chi connectivity index (χ3v) is 6.96. The smallest absolute Gasteiger partial charge is 0.408 e. The molecule has 39 heavy (non-hydrogen) atoms. The van der Waals surface area contributed by atoms with Gasteiger partial charge in [0, 0.05) is 12.6 Å². The second-order valence-corrected chi connectivity index (χ2v) is 12.2. The number of benzene rings is 1. The number of nitrogens with one attached hydrogen (secondary N) is 2. The van der Waals surface area contributed by atoms with Crippen LogP contribution in [0, 0.1) is 5.92 Å². The van der Waals surface area contributed by atoms with Gasteiger partial charge < -0.3 is 20.3 Å². The number of amides is 3. The van der Waals surface area contributed by atoms with E-state index >= 15 is 0 Å². The summed E-state index contributed by atoms with van der Waals surface area (Å²) >= 11 is 0. The van der Waals surface area contributed by atoms with Crippen LogP contribution in [-0.4, -0.2) is 47.0 Å². The van der Waals surface area contributed by atoms with E-state index in [4.69, 9.17) is 4.74 Å². The van der Waals surface area contributed by atoms with Crippen LogP contribution in [0.25, 0.3) is 6.08 Å². The zero-order valence-corrected chi connectivity index (χ0v) is 25.1. The highest BCUT2D eigenvalue weighted by Gasteiger charge is 2.37. The molecule has 3 amide bonds. The van der Waals surface area contributed by atoms with Crippen molar-refractivity contribution >= 4 is 24.0 Å². The Bertz CT molecular complexity index is 947. The molecule has 0 radical (unpaired) electrons. The second-order valence-electron chi connectivity index (χ2n) is 12.2. The van der Waals surface area contributed by atoms with Gasteiger partial charge in [0.05, 0.1) is 0 Å². The van der Waals surface area contributed by atoms with E-state index in [0.29, 0.717) is 13.0 Å². The fraction of sp³-hybridized carbons (Fsp3) is 0.656. The Morgan fingerprint density at radius 3 is 2.41 bits per heavy atom. The average Bonchev–Trinajstić information content (AvgIpc) is 2.86. The van der Waals surface area contributed by atoms with Crippen molar-refractivity contribution in [3.8, 4) is 0 Å². The SMILES string of the molecule is C=Cc1cccc(C(C(=O)NC2CCCCC2)N(CCCCC)C(=O)C(CC(C)C)NC(=O)OC(C)(C)C)c1. The van der Waals surface area contributed by atoms with Crippen LogP contribution in [0.2, 0.25) is 0 Å². The number of rotatable bonds is 13. The summed E-state index contributed by atoms with van der Waals surface area (Å²) in [7, 11) is 0. The van der Waals surface area contributed by atoms with Crippen molar-refractivity contribution in [3.63, 3.8) is 0 Å². The number of alkyl carbamates (subject to hydrolysis) is 1. The predicted molar refractivity (Wildman–Crippen MR) is 158 cm³/mol. The molecular formula is C32H51N3O4. The van der Waals surface area contributed by atoms with Crippen LogP contribution in [-0.2, 0) is 14.3 Å². The molecule has 1 aromatic rings. The van der Waals surface area contributed by atoms with Crippen molar-refractivity contribution in [2.75, 3.05) is 6.54 Å². The number of carbonyl (C=O) groups is 3. The maximum atomic E-state index is 14.3. The molecule has 2 N–H and O–H groups in total. The molecular weight excluding hydrogens is 490 g/mol. The Kier molecular flexibility index (Phi) is 13.0. The van der Waals surface area contributed by atoms with Gasteiger partial charge in [-0.1, -0.05) is 83.7 Å². The highest BCUT2D eigenvalue weighted by atomic mass is 16.6. The van der Waals surface area contributed by atoms with Gasteiger partial charge in [-0.25, -0.2) is 4.79 Å². The Morgan fingerprint density at radius 1 is 1.13 bits per heavy atom. The lowest BCUT2D eigenvalue weighted by molar-refractivity contribution is -0.143. The summed E-state index contributed by atoms with van der Waals surface area (Å²) in [4.78, 5) is 42.7. The van der Waals surface area contributed by atoms with E-state index in [1.165, 1.54) is 6.42 Å². The normalized spacial score (nSPS) is 15.8. The molecule has 0 heterocycles. The third-order valence-electron chi connectivity index (χ3n) is 6.96. The fourth-order valence-electron chi connectivity index (χ4n) is 5.10. The fourth-order valence-corrected chi connectivity index (χ4v) is 5.10. The Morgan fingerprint density at radius 2 is 1.82 bits per heavy atom. The Balaban J connectivity index is 2.49. The standard InChI is InChI=1S/C32H51N3O4/c1-8-10-14-20-35(30(37)27(21-23(3)4)34-31(38)39-32(5,6)7)28(25-17-15-16-24(9-2)22-25)29(36)33-26-18-12-11-13-19-26/h9,15-17,22-23,26-28H,2,8,10-14,18-21H2,1,3-7H3,(H,33,36)(H,34,38). The Hall–Kier alpha value is -2.83. The van der Waals surface area contributed by atoms with Crippen LogP contribution in [0.3, 0.4) is 0 Å². The van der Waals surface area contributed by atoms with Gasteiger partial charge >= 0.3 is 6.09 Å². The van der Waals surface area contributed by atoms with Crippen LogP contribution in [0.5, 0.6) is 0 Å². The molecule has 0 aromatic heterocycles. The predicted octanol–water partition coefficient (Wildman–Crippen LogP) is 6.78. The molecule has 1 fully saturated rings. The van der Waals surface area contributed by atoms with Gasteiger partial charge in [0.15, 0.2) is 0 Å². The highest BCUT2D eigenvalue weighted by molar-refractivity contribution is 5.92. The first-order valence-electron chi connectivity index (χ1n) is 14.8. The maximum absolute atomic E-state index is 14.3. The number of nitrogens with zero attached hydrogens (tertiary/aromatic N) is 1. The van der Waals surface area contributed by atoms with Crippen molar-refractivity contribution < 1.29 is 19.1 Å². The van der Waals surface area contributed by atoms with E-state index in [1.54, 1.807) is 31.7 Å². The number of hydrogen-bond donors (Lipinski definition) is 2. The van der Waals surface area contributed by atoms with Gasteiger partial charge in [-0.15, -0.1) is 0 Å². The van der Waals surface area contributed by atoms with Crippen LogP contribution >= 0.6 is 0 Å². The number of hydrogen-bond acceptors (Lipinski definition) is 4. The molecule has 7 heteroatoms. The van der Waals surface area contributed by atoms with Gasteiger partial charge in [-0.05, 0) is 69.6 Å². The zero-order valence-electron chi connectivity index (χ0n) is 25.1. The van der Waals surface area contributed by atoms with E-state index in [9.17, 15) is 14.4 Å². The molecule has 1 aliphatic rings. The van der Waals surface area contributed by atoms with Crippen molar-refractivity contribution in [2.24, 2.45) is 5.92 Å². The molecule has 2 unspecified atom stereocenters. The third kappa shape index (κ3) is 11.1. The first-order chi connectivity index (χ1) is 18.4. The van der Waals surface area contributed by atoms with Gasteiger partial charge in [0.25, 0.3) is 0 Å². The van der Waals surface area contributed by atoms with Crippen LogP contribution in [0.4, 0.5) is 4.79 Å².